The lowest BCUT2D eigenvalue weighted by atomic mass is 10.4. The normalized spacial score (nSPS) is 18.8. The van der Waals surface area contributed by atoms with Crippen LogP contribution in [-0.2, 0) is 9.59 Å². The zero-order valence-electron chi connectivity index (χ0n) is 8.26. The van der Waals surface area contributed by atoms with E-state index in [0.717, 1.165) is 16.7 Å². The van der Waals surface area contributed by atoms with E-state index in [1.165, 1.54) is 0 Å². The van der Waals surface area contributed by atoms with Crippen LogP contribution in [0.3, 0.4) is 0 Å². The predicted octanol–water partition coefficient (Wildman–Crippen LogP) is 0.334. The van der Waals surface area contributed by atoms with Gasteiger partial charge in [0.05, 0.1) is 4.91 Å². The lowest BCUT2D eigenvalue weighted by Crippen LogP contribution is -2.33. The number of carbonyl (C=O) groups is 2. The molecule has 0 unspecified atom stereocenters. The second kappa shape index (κ2) is 4.63. The number of nitrogens with zero attached hydrogens (tertiary/aromatic N) is 2. The van der Waals surface area contributed by atoms with Crippen LogP contribution >= 0.6 is 24.0 Å². The molecule has 1 saturated heterocycles. The number of thioether (sulfide) groups is 1. The smallest absolute Gasteiger partial charge is 0.323 e. The lowest BCUT2D eigenvalue weighted by Gasteiger charge is -2.10. The van der Waals surface area contributed by atoms with Gasteiger partial charge in [-0.2, -0.15) is 0 Å². The first-order valence-electron chi connectivity index (χ1n) is 4.05. The highest BCUT2D eigenvalue weighted by Gasteiger charge is 2.33. The molecule has 0 aromatic rings. The van der Waals surface area contributed by atoms with Crippen molar-refractivity contribution in [1.82, 2.24) is 9.80 Å². The van der Waals surface area contributed by atoms with Crippen molar-refractivity contribution in [3.05, 3.63) is 11.1 Å². The second-order valence-corrected chi connectivity index (χ2v) is 4.79. The van der Waals surface area contributed by atoms with Gasteiger partial charge in [0.2, 0.25) is 0 Å². The minimum absolute atomic E-state index is 0.288. The molecule has 5 nitrogen and oxygen atoms in total. The zero-order valence-corrected chi connectivity index (χ0v) is 9.89. The topological polar surface area (TPSA) is 60.9 Å². The van der Waals surface area contributed by atoms with Crippen molar-refractivity contribution >= 4 is 40.2 Å². The average Bonchev–Trinajstić information content (AvgIpc) is 2.31. The van der Waals surface area contributed by atoms with Gasteiger partial charge in [-0.05, 0) is 0 Å². The summed E-state index contributed by atoms with van der Waals surface area (Å²) in [6.45, 7) is -0.380. The number of carbonyl (C=O) groups excluding carboxylic acids is 1. The molecule has 1 aliphatic rings. The summed E-state index contributed by atoms with van der Waals surface area (Å²) < 4.78 is 0.288. The maximum Gasteiger partial charge on any atom is 0.323 e. The van der Waals surface area contributed by atoms with E-state index >= 15 is 0 Å². The Bertz CT molecular complexity index is 352. The molecule has 1 amide bonds. The lowest BCUT2D eigenvalue weighted by molar-refractivity contribution is -0.140. The van der Waals surface area contributed by atoms with Gasteiger partial charge >= 0.3 is 5.97 Å². The Morgan fingerprint density at radius 3 is 2.73 bits per heavy atom. The molecule has 0 aromatic carbocycles. The van der Waals surface area contributed by atoms with Gasteiger partial charge < -0.3 is 10.0 Å². The van der Waals surface area contributed by atoms with E-state index in [0.29, 0.717) is 4.91 Å². The van der Waals surface area contributed by atoms with Crippen LogP contribution in [0, 0.1) is 0 Å². The van der Waals surface area contributed by atoms with E-state index in [1.807, 2.05) is 0 Å². The Hall–Kier alpha value is -1.08. The predicted molar refractivity (Wildman–Crippen MR) is 61.3 cm³/mol. The van der Waals surface area contributed by atoms with Crippen molar-refractivity contribution < 1.29 is 14.7 Å². The van der Waals surface area contributed by atoms with Crippen LogP contribution in [0.5, 0.6) is 0 Å². The first-order chi connectivity index (χ1) is 6.91. The molecule has 1 heterocycles. The summed E-state index contributed by atoms with van der Waals surface area (Å²) in [6, 6.07) is 0. The van der Waals surface area contributed by atoms with Gasteiger partial charge in [0.25, 0.3) is 5.91 Å². The summed E-state index contributed by atoms with van der Waals surface area (Å²) in [4.78, 5) is 25.4. The van der Waals surface area contributed by atoms with E-state index in [9.17, 15) is 9.59 Å². The molecule has 0 spiro atoms. The fraction of sp³-hybridized carbons (Fsp3) is 0.375. The Labute approximate surface area is 96.7 Å². The van der Waals surface area contributed by atoms with Crippen molar-refractivity contribution in [1.29, 1.82) is 0 Å². The average molecular weight is 246 g/mol. The first-order valence-corrected chi connectivity index (χ1v) is 5.28. The highest BCUT2D eigenvalue weighted by atomic mass is 32.2. The molecule has 0 radical (unpaired) electrons. The summed E-state index contributed by atoms with van der Waals surface area (Å²) in [6.07, 6.45) is 1.63. The monoisotopic (exact) mass is 246 g/mol. The van der Waals surface area contributed by atoms with Crippen LogP contribution in [0.15, 0.2) is 11.1 Å². The molecule has 1 N–H and O–H groups in total. The number of hydrogen-bond donors (Lipinski definition) is 1. The molecular weight excluding hydrogens is 236 g/mol. The summed E-state index contributed by atoms with van der Waals surface area (Å²) in [5.41, 5.74) is 0. The molecular formula is C8H10N2O3S2. The van der Waals surface area contributed by atoms with E-state index in [2.05, 4.69) is 0 Å². The van der Waals surface area contributed by atoms with Gasteiger partial charge in [-0.15, -0.1) is 0 Å². The first kappa shape index (κ1) is 12.0. The van der Waals surface area contributed by atoms with Gasteiger partial charge in [-0.25, -0.2) is 0 Å². The van der Waals surface area contributed by atoms with Gasteiger partial charge in [0.15, 0.2) is 0 Å². The fourth-order valence-corrected chi connectivity index (χ4v) is 2.32. The summed E-state index contributed by atoms with van der Waals surface area (Å²) in [7, 11) is 3.56. The number of carboxylic acids is 1. The minimum atomic E-state index is -1.07. The van der Waals surface area contributed by atoms with Crippen molar-refractivity contribution in [3.63, 3.8) is 0 Å². The maximum atomic E-state index is 11.6. The fourth-order valence-electron chi connectivity index (χ4n) is 0.996. The number of carboxylic acid groups (broad SMARTS) is 1. The van der Waals surface area contributed by atoms with Crippen molar-refractivity contribution in [2.24, 2.45) is 0 Å². The van der Waals surface area contributed by atoms with E-state index < -0.39 is 5.97 Å². The molecule has 0 saturated carbocycles. The zero-order chi connectivity index (χ0) is 11.6. The van der Waals surface area contributed by atoms with Crippen LogP contribution in [-0.4, -0.2) is 51.7 Å². The third kappa shape index (κ3) is 2.93. The molecule has 1 rings (SSSR count). The highest BCUT2D eigenvalue weighted by molar-refractivity contribution is 8.26. The Kier molecular flexibility index (Phi) is 3.70. The van der Waals surface area contributed by atoms with E-state index in [-0.39, 0.29) is 16.8 Å². The number of amides is 1. The molecule has 0 aromatic heterocycles. The molecule has 0 atom stereocenters. The SMILES string of the molecule is CN(C)C=C1SC(=S)N(CC(=O)O)C1=O. The summed E-state index contributed by atoms with van der Waals surface area (Å²) >= 11 is 6.03. The van der Waals surface area contributed by atoms with Crippen LogP contribution in [0.25, 0.3) is 0 Å². The maximum absolute atomic E-state index is 11.6. The van der Waals surface area contributed by atoms with Crippen molar-refractivity contribution in [2.45, 2.75) is 0 Å². The molecule has 15 heavy (non-hydrogen) atoms. The molecule has 0 bridgehead atoms. The number of thiocarbonyl (C=S) groups is 1. The van der Waals surface area contributed by atoms with Crippen molar-refractivity contribution in [3.8, 4) is 0 Å². The number of rotatable bonds is 3. The summed E-state index contributed by atoms with van der Waals surface area (Å²) in [5.74, 6) is -1.42. The quantitative estimate of drug-likeness (QED) is 0.572. The molecule has 1 aliphatic heterocycles. The van der Waals surface area contributed by atoms with Crippen LogP contribution in [0.2, 0.25) is 0 Å². The molecule has 0 aliphatic carbocycles. The summed E-state index contributed by atoms with van der Waals surface area (Å²) in [5, 5.41) is 8.58. The van der Waals surface area contributed by atoms with Gasteiger partial charge in [0.1, 0.15) is 10.9 Å². The van der Waals surface area contributed by atoms with E-state index in [4.69, 9.17) is 17.3 Å². The minimum Gasteiger partial charge on any atom is -0.480 e. The van der Waals surface area contributed by atoms with E-state index in [1.54, 1.807) is 25.2 Å². The van der Waals surface area contributed by atoms with Crippen LogP contribution in [0.1, 0.15) is 0 Å². The Balaban J connectivity index is 2.84. The standard InChI is InChI=1S/C8H10N2O3S2/c1-9(2)3-5-7(13)10(4-6(11)12)8(14)15-5/h3H,4H2,1-2H3,(H,11,12). The number of aliphatic carboxylic acids is 1. The van der Waals surface area contributed by atoms with Gasteiger partial charge in [0, 0.05) is 20.3 Å². The van der Waals surface area contributed by atoms with Gasteiger partial charge in [-0.1, -0.05) is 24.0 Å². The Morgan fingerprint density at radius 1 is 1.67 bits per heavy atom. The largest absolute Gasteiger partial charge is 0.480 e. The number of hydrogen-bond acceptors (Lipinski definition) is 5. The third-order valence-electron chi connectivity index (χ3n) is 1.54. The Morgan fingerprint density at radius 2 is 2.27 bits per heavy atom. The van der Waals surface area contributed by atoms with Crippen LogP contribution in [0.4, 0.5) is 0 Å². The molecule has 1 fully saturated rings. The molecule has 82 valence electrons. The third-order valence-corrected chi connectivity index (χ3v) is 2.91. The molecule has 7 heteroatoms. The second-order valence-electron chi connectivity index (χ2n) is 3.11. The van der Waals surface area contributed by atoms with Crippen LogP contribution < -0.4 is 0 Å². The van der Waals surface area contributed by atoms with Crippen molar-refractivity contribution in [2.75, 3.05) is 20.6 Å². The van der Waals surface area contributed by atoms with Gasteiger partial charge in [-0.3, -0.25) is 14.5 Å². The highest BCUT2D eigenvalue weighted by Crippen LogP contribution is 2.30.